The van der Waals surface area contributed by atoms with E-state index in [-0.39, 0.29) is 24.8 Å². The molecule has 2 aromatic heterocycles. The fourth-order valence-electron chi connectivity index (χ4n) is 10.0. The van der Waals surface area contributed by atoms with Crippen molar-refractivity contribution in [1.29, 1.82) is 0 Å². The molecule has 5 aliphatic rings. The number of nitrogens with zero attached hydrogens (tertiary/aromatic N) is 9. The van der Waals surface area contributed by atoms with Gasteiger partial charge in [-0.25, -0.2) is 14.6 Å². The van der Waals surface area contributed by atoms with Crippen LogP contribution in [0.25, 0.3) is 22.3 Å². The van der Waals surface area contributed by atoms with Crippen LogP contribution in [0.5, 0.6) is 11.5 Å². The highest BCUT2D eigenvalue weighted by Gasteiger charge is 2.45. The summed E-state index contributed by atoms with van der Waals surface area (Å²) in [6, 6.07) is 22.3. The third-order valence-electron chi connectivity index (χ3n) is 13.6. The predicted octanol–water partition coefficient (Wildman–Crippen LogP) is 4.44. The molecule has 1 unspecified atom stereocenters. The maximum absolute atomic E-state index is 13.4. The average Bonchev–Trinajstić information content (AvgIpc) is 3.82. The van der Waals surface area contributed by atoms with Crippen LogP contribution in [0.15, 0.2) is 79.1 Å². The van der Waals surface area contributed by atoms with Gasteiger partial charge in [-0.1, -0.05) is 18.2 Å². The van der Waals surface area contributed by atoms with Crippen molar-refractivity contribution in [2.24, 2.45) is 5.92 Å². The molecule has 63 heavy (non-hydrogen) atoms. The molecule has 0 spiro atoms. The van der Waals surface area contributed by atoms with Gasteiger partial charge in [0.05, 0.1) is 22.6 Å². The maximum atomic E-state index is 13.4. The zero-order chi connectivity index (χ0) is 43.0. The Balaban J connectivity index is 0.666. The molecular formula is C47H53N11O5. The Bertz CT molecular complexity index is 2510. The molecule has 10 rings (SSSR count). The summed E-state index contributed by atoms with van der Waals surface area (Å²) in [5.74, 6) is 0.736. The lowest BCUT2D eigenvalue weighted by Crippen LogP contribution is -2.54. The van der Waals surface area contributed by atoms with Gasteiger partial charge < -0.3 is 25.2 Å². The quantitative estimate of drug-likeness (QED) is 0.179. The molecule has 0 bridgehead atoms. The first-order chi connectivity index (χ1) is 30.8. The lowest BCUT2D eigenvalue weighted by atomic mass is 9.95. The third-order valence-corrected chi connectivity index (χ3v) is 13.6. The number of benzene rings is 3. The number of para-hydroxylation sites is 1. The van der Waals surface area contributed by atoms with E-state index in [2.05, 4.69) is 39.6 Å². The van der Waals surface area contributed by atoms with E-state index in [1.807, 2.05) is 60.7 Å². The number of rotatable bonds is 11. The van der Waals surface area contributed by atoms with Crippen LogP contribution in [0.4, 0.5) is 11.5 Å². The van der Waals surface area contributed by atoms with Crippen molar-refractivity contribution >= 4 is 46.2 Å². The number of ether oxygens (including phenoxy) is 1. The smallest absolute Gasteiger partial charge is 0.262 e. The Morgan fingerprint density at radius 2 is 1.38 bits per heavy atom. The fourth-order valence-corrected chi connectivity index (χ4v) is 10.0. The Hall–Kier alpha value is -6.23. The standard InChI is InChI=1S/C47H53N11O5/c48-43-41-42(32-6-9-36(10-7-32)63-35-4-2-1-3-5-35)52-58(44(41)50-30-49-43)33-16-20-54(21-17-33)23-22-53-18-14-31(15-19-53)29-55-24-26-56(27-25-55)34-8-11-37-38(28-34)47(62)57(46(37)61)39-12-13-40(59)51-45(39)60/h1-11,28,30-31,33,39H,12-27,29H2,(H2,48,49,50)(H,51,59,60). The molecule has 3 N–H and O–H groups in total. The molecule has 0 radical (unpaired) electrons. The highest BCUT2D eigenvalue weighted by atomic mass is 16.5. The summed E-state index contributed by atoms with van der Waals surface area (Å²) in [5, 5.41) is 8.17. The summed E-state index contributed by atoms with van der Waals surface area (Å²) in [5.41, 5.74) is 10.5. The number of piperazine rings is 1. The molecular weight excluding hydrogens is 799 g/mol. The normalized spacial score (nSPS) is 21.0. The van der Waals surface area contributed by atoms with E-state index in [1.165, 1.54) is 19.2 Å². The van der Waals surface area contributed by atoms with E-state index in [9.17, 15) is 19.2 Å². The van der Waals surface area contributed by atoms with E-state index in [0.29, 0.717) is 22.9 Å². The van der Waals surface area contributed by atoms with E-state index in [0.717, 1.165) is 129 Å². The summed E-state index contributed by atoms with van der Waals surface area (Å²) < 4.78 is 8.10. The monoisotopic (exact) mass is 851 g/mol. The Morgan fingerprint density at radius 3 is 2.10 bits per heavy atom. The molecule has 7 heterocycles. The number of hydrogen-bond acceptors (Lipinski definition) is 13. The summed E-state index contributed by atoms with van der Waals surface area (Å²) in [6.45, 7) is 11.1. The van der Waals surface area contributed by atoms with Crippen LogP contribution in [0, 0.1) is 5.92 Å². The fraction of sp³-hybridized carbons (Fsp3) is 0.426. The van der Waals surface area contributed by atoms with E-state index in [4.69, 9.17) is 15.6 Å². The van der Waals surface area contributed by atoms with Crippen LogP contribution in [0.1, 0.15) is 65.3 Å². The van der Waals surface area contributed by atoms with Crippen molar-refractivity contribution in [2.75, 3.05) is 82.6 Å². The number of carbonyl (C=O) groups is 4. The number of anilines is 2. The second kappa shape index (κ2) is 17.5. The molecule has 5 aliphatic heterocycles. The minimum absolute atomic E-state index is 0.103. The van der Waals surface area contributed by atoms with Crippen LogP contribution >= 0.6 is 0 Å². The number of fused-ring (bicyclic) bond motifs is 2. The van der Waals surface area contributed by atoms with Crippen molar-refractivity contribution in [3.63, 3.8) is 0 Å². The lowest BCUT2D eigenvalue weighted by molar-refractivity contribution is -0.136. The number of nitrogen functional groups attached to an aromatic ring is 1. The maximum Gasteiger partial charge on any atom is 0.262 e. The molecule has 4 amide bonds. The number of amides is 4. The van der Waals surface area contributed by atoms with E-state index in [1.54, 1.807) is 12.1 Å². The molecule has 1 atom stereocenters. The molecule has 4 fully saturated rings. The number of aromatic nitrogens is 4. The van der Waals surface area contributed by atoms with Crippen LogP contribution in [-0.4, -0.2) is 141 Å². The van der Waals surface area contributed by atoms with Gasteiger partial charge in [-0.3, -0.25) is 34.3 Å². The number of imide groups is 2. The number of likely N-dealkylation sites (tertiary alicyclic amines) is 2. The number of carbonyl (C=O) groups excluding carboxylic acids is 4. The van der Waals surface area contributed by atoms with Crippen LogP contribution in [0.3, 0.4) is 0 Å². The van der Waals surface area contributed by atoms with Crippen molar-refractivity contribution in [3.8, 4) is 22.8 Å². The van der Waals surface area contributed by atoms with Gasteiger partial charge in [0.25, 0.3) is 11.8 Å². The van der Waals surface area contributed by atoms with Crippen molar-refractivity contribution in [1.82, 2.24) is 44.7 Å². The van der Waals surface area contributed by atoms with E-state index >= 15 is 0 Å². The zero-order valence-corrected chi connectivity index (χ0v) is 35.4. The van der Waals surface area contributed by atoms with Crippen LogP contribution < -0.4 is 20.7 Å². The Morgan fingerprint density at radius 1 is 0.698 bits per heavy atom. The lowest BCUT2D eigenvalue weighted by Gasteiger charge is -2.40. The van der Waals surface area contributed by atoms with Crippen molar-refractivity contribution in [3.05, 3.63) is 90.3 Å². The van der Waals surface area contributed by atoms with Gasteiger partial charge in [-0.05, 0) is 106 Å². The van der Waals surface area contributed by atoms with Gasteiger partial charge in [0.15, 0.2) is 5.65 Å². The molecule has 16 heteroatoms. The van der Waals surface area contributed by atoms with Crippen molar-refractivity contribution in [2.45, 2.75) is 50.6 Å². The molecule has 3 aromatic carbocycles. The molecule has 16 nitrogen and oxygen atoms in total. The highest BCUT2D eigenvalue weighted by Crippen LogP contribution is 2.36. The van der Waals surface area contributed by atoms with Crippen LogP contribution in [-0.2, 0) is 9.59 Å². The molecule has 5 aromatic rings. The van der Waals surface area contributed by atoms with Gasteiger partial charge in [-0.2, -0.15) is 5.10 Å². The molecule has 326 valence electrons. The van der Waals surface area contributed by atoms with Gasteiger partial charge in [0.1, 0.15) is 35.4 Å². The second-order valence-electron chi connectivity index (χ2n) is 17.5. The SMILES string of the molecule is Nc1ncnc2c1c(-c1ccc(Oc3ccccc3)cc1)nn2C1CCN(CCN2CCC(CN3CCN(c4ccc5c(c4)C(=O)N(C4CCC(=O)NC4=O)C5=O)CC3)CC2)CC1. The van der Waals surface area contributed by atoms with Gasteiger partial charge in [0, 0.05) is 76.6 Å². The first-order valence-electron chi connectivity index (χ1n) is 22.4. The first kappa shape index (κ1) is 40.8. The number of nitrogens with two attached hydrogens (primary N) is 1. The number of hydrogen-bond donors (Lipinski definition) is 2. The largest absolute Gasteiger partial charge is 0.457 e. The van der Waals surface area contributed by atoms with E-state index < -0.39 is 23.8 Å². The summed E-state index contributed by atoms with van der Waals surface area (Å²) in [6.07, 6.45) is 6.18. The topological polar surface area (TPSA) is 175 Å². The minimum atomic E-state index is -0.960. The minimum Gasteiger partial charge on any atom is -0.457 e. The first-order valence-corrected chi connectivity index (χ1v) is 22.4. The predicted molar refractivity (Wildman–Crippen MR) is 237 cm³/mol. The highest BCUT2D eigenvalue weighted by molar-refractivity contribution is 6.23. The average molecular weight is 852 g/mol. The summed E-state index contributed by atoms with van der Waals surface area (Å²) in [4.78, 5) is 70.7. The number of piperidine rings is 3. The van der Waals surface area contributed by atoms with Crippen molar-refractivity contribution < 1.29 is 23.9 Å². The van der Waals surface area contributed by atoms with Gasteiger partial charge >= 0.3 is 0 Å². The zero-order valence-electron chi connectivity index (χ0n) is 35.4. The third kappa shape index (κ3) is 8.37. The number of nitrogens with one attached hydrogen (secondary N) is 1. The van der Waals surface area contributed by atoms with Gasteiger partial charge in [0.2, 0.25) is 11.8 Å². The van der Waals surface area contributed by atoms with Gasteiger partial charge in [-0.15, -0.1) is 0 Å². The molecule has 4 saturated heterocycles. The Labute approximate surface area is 366 Å². The summed E-state index contributed by atoms with van der Waals surface area (Å²) >= 11 is 0. The molecule has 0 aliphatic carbocycles. The Kier molecular flexibility index (Phi) is 11.3. The summed E-state index contributed by atoms with van der Waals surface area (Å²) in [7, 11) is 0. The second-order valence-corrected chi connectivity index (χ2v) is 17.5. The van der Waals surface area contributed by atoms with Crippen LogP contribution in [0.2, 0.25) is 0 Å². The molecule has 0 saturated carbocycles.